The summed E-state index contributed by atoms with van der Waals surface area (Å²) >= 11 is 0. The van der Waals surface area contributed by atoms with Crippen molar-refractivity contribution in [1.29, 1.82) is 0 Å². The van der Waals surface area contributed by atoms with Gasteiger partial charge in [0.2, 0.25) is 0 Å². The molecule has 1 heterocycles. The van der Waals surface area contributed by atoms with Crippen LogP contribution < -0.4 is 5.32 Å². The van der Waals surface area contributed by atoms with Crippen LogP contribution in [0.15, 0.2) is 4.42 Å². The molecule has 1 rings (SSSR count). The number of amides is 1. The van der Waals surface area contributed by atoms with E-state index in [0.717, 1.165) is 0 Å². The summed E-state index contributed by atoms with van der Waals surface area (Å²) in [6.07, 6.45) is 2.07. The molecule has 0 atom stereocenters. The lowest BCUT2D eigenvalue weighted by Crippen LogP contribution is -2.22. The first kappa shape index (κ1) is 6.73. The van der Waals surface area contributed by atoms with Gasteiger partial charge in [0.25, 0.3) is 0 Å². The van der Waals surface area contributed by atoms with Gasteiger partial charge < -0.3 is 9.73 Å². The fourth-order valence-corrected chi connectivity index (χ4v) is 0.478. The maximum atomic E-state index is 10.8. The van der Waals surface area contributed by atoms with Gasteiger partial charge in [0.05, 0.1) is 0 Å². The number of aromatic nitrogens is 2. The van der Waals surface area contributed by atoms with Crippen molar-refractivity contribution in [3.63, 3.8) is 0 Å². The Kier molecular flexibility index (Phi) is 1.99. The van der Waals surface area contributed by atoms with Crippen LogP contribution in [0.1, 0.15) is 17.6 Å². The molecule has 1 aromatic heterocycles. The number of nitrogens with zero attached hydrogens (tertiary/aromatic N) is 2. The molecule has 1 amide bonds. The summed E-state index contributed by atoms with van der Waals surface area (Å²) in [7, 11) is 0. The molecule has 53 valence electrons. The van der Waals surface area contributed by atoms with Crippen molar-refractivity contribution in [2.24, 2.45) is 0 Å². The highest BCUT2D eigenvalue weighted by molar-refractivity contribution is 5.89. The highest BCUT2D eigenvalue weighted by Crippen LogP contribution is 1.88. The maximum Gasteiger partial charge on any atom is 0.308 e. The van der Waals surface area contributed by atoms with Crippen LogP contribution in [0.2, 0.25) is 0 Å². The van der Waals surface area contributed by atoms with Gasteiger partial charge >= 0.3 is 18.2 Å². The van der Waals surface area contributed by atoms with Crippen LogP contribution in [0.5, 0.6) is 0 Å². The molecule has 0 unspecified atom stereocenters. The zero-order valence-corrected chi connectivity index (χ0v) is 5.42. The Morgan fingerprint density at radius 1 is 1.90 bits per heavy atom. The molecule has 1 aromatic rings. The van der Waals surface area contributed by atoms with E-state index in [-0.39, 0.29) is 11.8 Å². The second-order valence-corrected chi connectivity index (χ2v) is 1.56. The van der Waals surface area contributed by atoms with Crippen LogP contribution >= 0.6 is 0 Å². The van der Waals surface area contributed by atoms with Gasteiger partial charge in [0.1, 0.15) is 0 Å². The van der Waals surface area contributed by atoms with Gasteiger partial charge in [-0.15, -0.1) is 10.2 Å². The van der Waals surface area contributed by atoms with Crippen LogP contribution in [0.25, 0.3) is 0 Å². The second kappa shape index (κ2) is 2.95. The van der Waals surface area contributed by atoms with Crippen LogP contribution in [0, 0.1) is 6.39 Å². The first-order valence-corrected chi connectivity index (χ1v) is 2.82. The van der Waals surface area contributed by atoms with Crippen LogP contribution in [0.3, 0.4) is 0 Å². The number of hydrogen-bond acceptors (Lipinski definition) is 4. The average Bonchev–Trinajstić information content (AvgIpc) is 2.38. The molecule has 0 aliphatic heterocycles. The van der Waals surface area contributed by atoms with E-state index in [0.29, 0.717) is 6.54 Å². The molecule has 1 N–H and O–H groups in total. The predicted octanol–water partition coefficient (Wildman–Crippen LogP) is -0.381. The molecule has 10 heavy (non-hydrogen) atoms. The number of carbonyl (C=O) groups excluding carboxylic acids is 1. The van der Waals surface area contributed by atoms with E-state index in [4.69, 9.17) is 0 Å². The average molecular weight is 140 g/mol. The molecule has 0 aliphatic rings. The Hall–Kier alpha value is -1.39. The van der Waals surface area contributed by atoms with Gasteiger partial charge in [-0.2, -0.15) is 0 Å². The largest absolute Gasteiger partial charge is 0.408 e. The van der Waals surface area contributed by atoms with Gasteiger partial charge in [-0.1, -0.05) is 0 Å². The normalized spacial score (nSPS) is 9.30. The standard InChI is InChI=1S/C5H6N3O2/c1-2-6-4(9)5-8-7-3-10-5/h2H2,1H3,(H,6,9). The molecule has 0 fully saturated rings. The van der Waals surface area contributed by atoms with E-state index in [1.807, 2.05) is 0 Å². The summed E-state index contributed by atoms with van der Waals surface area (Å²) in [5.41, 5.74) is 0. The van der Waals surface area contributed by atoms with Gasteiger partial charge in [-0.25, -0.2) is 0 Å². The van der Waals surface area contributed by atoms with E-state index in [1.54, 1.807) is 6.92 Å². The van der Waals surface area contributed by atoms with E-state index < -0.39 is 0 Å². The Morgan fingerprint density at radius 3 is 3.20 bits per heavy atom. The van der Waals surface area contributed by atoms with Crippen molar-refractivity contribution >= 4 is 5.91 Å². The van der Waals surface area contributed by atoms with Gasteiger partial charge in [0.15, 0.2) is 0 Å². The van der Waals surface area contributed by atoms with Crippen LogP contribution in [-0.4, -0.2) is 22.6 Å². The fourth-order valence-electron chi connectivity index (χ4n) is 0.478. The minimum atomic E-state index is -0.365. The molecule has 0 aromatic carbocycles. The molecule has 0 bridgehead atoms. The van der Waals surface area contributed by atoms with Crippen LogP contribution in [0.4, 0.5) is 0 Å². The lowest BCUT2D eigenvalue weighted by Gasteiger charge is -1.92. The summed E-state index contributed by atoms with van der Waals surface area (Å²) in [6, 6.07) is 0. The molecule has 5 nitrogen and oxygen atoms in total. The zero-order chi connectivity index (χ0) is 7.40. The quantitative estimate of drug-likeness (QED) is 0.608. The minimum absolute atomic E-state index is 0.0538. The van der Waals surface area contributed by atoms with E-state index in [9.17, 15) is 4.79 Å². The number of rotatable bonds is 2. The highest BCUT2D eigenvalue weighted by Gasteiger charge is 2.08. The molecule has 0 saturated heterocycles. The highest BCUT2D eigenvalue weighted by atomic mass is 16.4. The molecule has 0 spiro atoms. The van der Waals surface area contributed by atoms with Gasteiger partial charge in [-0.05, 0) is 6.92 Å². The lowest BCUT2D eigenvalue weighted by atomic mass is 10.6. The lowest BCUT2D eigenvalue weighted by molar-refractivity contribution is 0.0920. The Labute approximate surface area is 57.4 Å². The molecule has 0 aliphatic carbocycles. The Morgan fingerprint density at radius 2 is 2.70 bits per heavy atom. The summed E-state index contributed by atoms with van der Waals surface area (Å²) in [5, 5.41) is 9.07. The van der Waals surface area contributed by atoms with Crippen molar-refractivity contribution in [1.82, 2.24) is 15.5 Å². The smallest absolute Gasteiger partial charge is 0.308 e. The number of nitrogens with one attached hydrogen (secondary N) is 1. The van der Waals surface area contributed by atoms with Crippen LogP contribution in [-0.2, 0) is 0 Å². The molecule has 0 saturated carbocycles. The predicted molar refractivity (Wildman–Crippen MR) is 31.1 cm³/mol. The molecular formula is C5H6N3O2. The van der Waals surface area contributed by atoms with Crippen molar-refractivity contribution in [3.05, 3.63) is 12.3 Å². The Bertz CT molecular complexity index is 207. The summed E-state index contributed by atoms with van der Waals surface area (Å²) in [6.45, 7) is 2.35. The van der Waals surface area contributed by atoms with Crippen molar-refractivity contribution < 1.29 is 9.21 Å². The van der Waals surface area contributed by atoms with E-state index in [2.05, 4.69) is 26.3 Å². The number of carbonyl (C=O) groups is 1. The first-order valence-electron chi connectivity index (χ1n) is 2.82. The molecule has 5 heteroatoms. The first-order chi connectivity index (χ1) is 4.84. The van der Waals surface area contributed by atoms with Crippen molar-refractivity contribution in [2.75, 3.05) is 6.54 Å². The van der Waals surface area contributed by atoms with E-state index in [1.165, 1.54) is 0 Å². The topological polar surface area (TPSA) is 68.0 Å². The summed E-state index contributed by atoms with van der Waals surface area (Å²) in [4.78, 5) is 10.8. The fraction of sp³-hybridized carbons (Fsp3) is 0.400. The summed E-state index contributed by atoms with van der Waals surface area (Å²) in [5.74, 6) is -0.418. The third-order valence-electron chi connectivity index (χ3n) is 0.856. The second-order valence-electron chi connectivity index (χ2n) is 1.56. The zero-order valence-electron chi connectivity index (χ0n) is 5.42. The van der Waals surface area contributed by atoms with Crippen molar-refractivity contribution in [3.8, 4) is 0 Å². The minimum Gasteiger partial charge on any atom is -0.408 e. The third-order valence-corrected chi connectivity index (χ3v) is 0.856. The monoisotopic (exact) mass is 140 g/mol. The molecule has 1 radical (unpaired) electrons. The third kappa shape index (κ3) is 1.31. The Balaban J connectivity index is 2.59. The van der Waals surface area contributed by atoms with E-state index >= 15 is 0 Å². The SMILES string of the molecule is CCNC(=O)c1nn[c]o1. The maximum absolute atomic E-state index is 10.8. The van der Waals surface area contributed by atoms with Crippen molar-refractivity contribution in [2.45, 2.75) is 6.92 Å². The van der Waals surface area contributed by atoms with Gasteiger partial charge in [-0.3, -0.25) is 4.79 Å². The number of hydrogen-bond donors (Lipinski definition) is 1. The van der Waals surface area contributed by atoms with Gasteiger partial charge in [0, 0.05) is 6.54 Å². The molecular weight excluding hydrogens is 134 g/mol. The summed E-state index contributed by atoms with van der Waals surface area (Å²) < 4.78 is 4.49.